The second-order valence-electron chi connectivity index (χ2n) is 9.64. The molecule has 0 aliphatic carbocycles. The van der Waals surface area contributed by atoms with Crippen LogP contribution in [0.1, 0.15) is 16.7 Å². The molecule has 194 valence electrons. The molecule has 38 heavy (non-hydrogen) atoms. The Hall–Kier alpha value is -3.82. The smallest absolute Gasteiger partial charge is 0.258 e. The summed E-state index contributed by atoms with van der Waals surface area (Å²) >= 11 is 3.48. The third kappa shape index (κ3) is 4.87. The molecule has 3 aliphatic rings. The lowest BCUT2D eigenvalue weighted by atomic mass is 9.99. The first-order chi connectivity index (χ1) is 18.4. The van der Waals surface area contributed by atoms with Gasteiger partial charge in [-0.3, -0.25) is 9.59 Å². The van der Waals surface area contributed by atoms with Crippen molar-refractivity contribution in [3.63, 3.8) is 0 Å². The van der Waals surface area contributed by atoms with Crippen molar-refractivity contribution >= 4 is 50.4 Å². The Balaban J connectivity index is 1.30. The monoisotopic (exact) mass is 574 g/mol. The number of halogens is 1. The number of nitrogens with zero attached hydrogens (tertiary/aromatic N) is 2. The van der Waals surface area contributed by atoms with Crippen LogP contribution in [0.4, 0.5) is 11.4 Å². The Morgan fingerprint density at radius 3 is 2.53 bits per heavy atom. The second kappa shape index (κ2) is 10.2. The highest BCUT2D eigenvalue weighted by Gasteiger charge is 2.29. The Bertz CT molecular complexity index is 1450. The second-order valence-corrected chi connectivity index (χ2v) is 10.6. The predicted molar refractivity (Wildman–Crippen MR) is 150 cm³/mol. The highest BCUT2D eigenvalue weighted by Crippen LogP contribution is 2.41. The zero-order valence-electron chi connectivity index (χ0n) is 20.9. The number of rotatable bonds is 5. The number of nitrogens with one attached hydrogen (secondary N) is 2. The maximum atomic E-state index is 13.2. The van der Waals surface area contributed by atoms with Crippen LogP contribution in [-0.2, 0) is 16.0 Å². The molecule has 0 atom stereocenters. The first-order valence-electron chi connectivity index (χ1n) is 12.5. The third-order valence-corrected chi connectivity index (χ3v) is 7.57. The minimum absolute atomic E-state index is 0.146. The van der Waals surface area contributed by atoms with Crippen LogP contribution in [0.25, 0.3) is 11.3 Å². The number of hydrogen-bond donors (Lipinski definition) is 2. The van der Waals surface area contributed by atoms with Crippen molar-refractivity contribution in [2.45, 2.75) is 6.42 Å². The number of piperazine rings is 1. The van der Waals surface area contributed by atoms with Crippen LogP contribution in [0.3, 0.4) is 0 Å². The minimum atomic E-state index is -0.187. The molecule has 3 aliphatic heterocycles. The van der Waals surface area contributed by atoms with E-state index in [1.54, 1.807) is 0 Å². The molecular weight excluding hydrogens is 548 g/mol. The van der Waals surface area contributed by atoms with Gasteiger partial charge in [0.05, 0.1) is 23.4 Å². The van der Waals surface area contributed by atoms with Gasteiger partial charge < -0.3 is 29.9 Å². The summed E-state index contributed by atoms with van der Waals surface area (Å²) in [5.41, 5.74) is 5.31. The molecule has 0 bridgehead atoms. The van der Waals surface area contributed by atoms with Gasteiger partial charge >= 0.3 is 0 Å². The third-order valence-electron chi connectivity index (χ3n) is 7.07. The Kier molecular flexibility index (Phi) is 6.55. The quantitative estimate of drug-likeness (QED) is 0.439. The zero-order chi connectivity index (χ0) is 26.2. The van der Waals surface area contributed by atoms with Crippen molar-refractivity contribution in [3.05, 3.63) is 81.8 Å². The fourth-order valence-electron chi connectivity index (χ4n) is 4.92. The summed E-state index contributed by atoms with van der Waals surface area (Å²) in [6.45, 7) is 3.51. The van der Waals surface area contributed by atoms with E-state index in [2.05, 4.69) is 38.5 Å². The average Bonchev–Trinajstić information content (AvgIpc) is 3.51. The number of carbonyl (C=O) groups excluding carboxylic acids is 2. The summed E-state index contributed by atoms with van der Waals surface area (Å²) in [4.78, 5) is 30.1. The Morgan fingerprint density at radius 2 is 1.74 bits per heavy atom. The van der Waals surface area contributed by atoms with Gasteiger partial charge in [-0.25, -0.2) is 0 Å². The van der Waals surface area contributed by atoms with Crippen LogP contribution < -0.4 is 20.1 Å². The topological polar surface area (TPSA) is 83.1 Å². The molecule has 2 amide bonds. The van der Waals surface area contributed by atoms with E-state index >= 15 is 0 Å². The van der Waals surface area contributed by atoms with E-state index in [1.165, 1.54) is 0 Å². The number of likely N-dealkylation sites (N-methyl/N-ethyl adjacent to an activating group) is 1. The molecule has 0 radical (unpaired) electrons. The molecule has 3 heterocycles. The maximum absolute atomic E-state index is 13.2. The standard InChI is InChI=1S/C29H27BrN4O4/c1-33-10-12-34(13-11-33)26(35)14-18-2-6-21(7-3-18)31-28(19-4-9-24-25(15-19)38-17-37-24)27-22-8-5-20(30)16-23(22)32-29(27)36/h2-9,15-16,31H,10-14,17H2,1H3,(H,32,36). The van der Waals surface area contributed by atoms with E-state index in [1.807, 2.05) is 65.6 Å². The molecule has 1 saturated heterocycles. The summed E-state index contributed by atoms with van der Waals surface area (Å²) in [5, 5.41) is 6.45. The van der Waals surface area contributed by atoms with E-state index in [4.69, 9.17) is 9.47 Å². The van der Waals surface area contributed by atoms with Gasteiger partial charge in [0.15, 0.2) is 11.5 Å². The summed E-state index contributed by atoms with van der Waals surface area (Å²) in [5.74, 6) is 1.27. The number of hydrogen-bond acceptors (Lipinski definition) is 6. The molecule has 0 aromatic heterocycles. The van der Waals surface area contributed by atoms with Gasteiger partial charge in [0.2, 0.25) is 12.7 Å². The lowest BCUT2D eigenvalue weighted by Gasteiger charge is -2.32. The van der Waals surface area contributed by atoms with Gasteiger partial charge in [-0.1, -0.05) is 34.1 Å². The molecule has 9 heteroatoms. The van der Waals surface area contributed by atoms with Crippen molar-refractivity contribution in [2.75, 3.05) is 50.7 Å². The van der Waals surface area contributed by atoms with Crippen LogP contribution in [0.2, 0.25) is 0 Å². The van der Waals surface area contributed by atoms with E-state index in [9.17, 15) is 9.59 Å². The van der Waals surface area contributed by atoms with Crippen LogP contribution in [0.5, 0.6) is 11.5 Å². The zero-order valence-corrected chi connectivity index (χ0v) is 22.5. The van der Waals surface area contributed by atoms with Gasteiger partial charge in [0.1, 0.15) is 0 Å². The fraction of sp³-hybridized carbons (Fsp3) is 0.241. The van der Waals surface area contributed by atoms with Gasteiger partial charge in [-0.15, -0.1) is 0 Å². The van der Waals surface area contributed by atoms with E-state index in [0.717, 1.165) is 58.7 Å². The van der Waals surface area contributed by atoms with Crippen LogP contribution in [0.15, 0.2) is 65.1 Å². The van der Waals surface area contributed by atoms with Gasteiger partial charge in [0, 0.05) is 47.5 Å². The fourth-order valence-corrected chi connectivity index (χ4v) is 5.28. The summed E-state index contributed by atoms with van der Waals surface area (Å²) in [7, 11) is 2.08. The van der Waals surface area contributed by atoms with Crippen molar-refractivity contribution in [1.82, 2.24) is 9.80 Å². The van der Waals surface area contributed by atoms with Crippen molar-refractivity contribution in [2.24, 2.45) is 0 Å². The molecule has 1 fully saturated rings. The van der Waals surface area contributed by atoms with Crippen LogP contribution in [0, 0.1) is 0 Å². The van der Waals surface area contributed by atoms with Crippen molar-refractivity contribution < 1.29 is 19.1 Å². The molecule has 2 N–H and O–H groups in total. The van der Waals surface area contributed by atoms with Gasteiger partial charge in [-0.05, 0) is 55.1 Å². The number of ether oxygens (including phenoxy) is 2. The number of benzene rings is 3. The van der Waals surface area contributed by atoms with Gasteiger partial charge in [-0.2, -0.15) is 0 Å². The Labute approximate surface area is 229 Å². The van der Waals surface area contributed by atoms with Gasteiger partial charge in [0.25, 0.3) is 5.91 Å². The van der Waals surface area contributed by atoms with E-state index in [0.29, 0.717) is 29.2 Å². The largest absolute Gasteiger partial charge is 0.454 e. The van der Waals surface area contributed by atoms with Crippen molar-refractivity contribution in [1.29, 1.82) is 0 Å². The van der Waals surface area contributed by atoms with E-state index < -0.39 is 0 Å². The minimum Gasteiger partial charge on any atom is -0.454 e. The van der Waals surface area contributed by atoms with E-state index in [-0.39, 0.29) is 18.6 Å². The molecule has 3 aromatic rings. The van der Waals surface area contributed by atoms with Crippen LogP contribution in [-0.4, -0.2) is 61.6 Å². The Morgan fingerprint density at radius 1 is 0.974 bits per heavy atom. The summed E-state index contributed by atoms with van der Waals surface area (Å²) in [6, 6.07) is 19.2. The molecule has 0 saturated carbocycles. The molecule has 3 aromatic carbocycles. The van der Waals surface area contributed by atoms with Crippen LogP contribution >= 0.6 is 15.9 Å². The normalized spacial score (nSPS) is 17.7. The number of anilines is 2. The average molecular weight is 575 g/mol. The lowest BCUT2D eigenvalue weighted by molar-refractivity contribution is -0.132. The lowest BCUT2D eigenvalue weighted by Crippen LogP contribution is -2.47. The van der Waals surface area contributed by atoms with Crippen molar-refractivity contribution in [3.8, 4) is 11.5 Å². The molecule has 0 unspecified atom stereocenters. The highest BCUT2D eigenvalue weighted by atomic mass is 79.9. The number of amides is 2. The maximum Gasteiger partial charge on any atom is 0.258 e. The number of carbonyl (C=O) groups is 2. The predicted octanol–water partition coefficient (Wildman–Crippen LogP) is 4.43. The highest BCUT2D eigenvalue weighted by molar-refractivity contribution is 9.10. The molecule has 6 rings (SSSR count). The molecule has 8 nitrogen and oxygen atoms in total. The SMILES string of the molecule is CN1CCN(C(=O)Cc2ccc(NC(=C3C(=O)Nc4cc(Br)ccc43)c3ccc4c(c3)OCO4)cc2)CC1. The first-order valence-corrected chi connectivity index (χ1v) is 13.3. The summed E-state index contributed by atoms with van der Waals surface area (Å²) < 4.78 is 12.0. The molecular formula is C29H27BrN4O4. The molecule has 0 spiro atoms. The summed E-state index contributed by atoms with van der Waals surface area (Å²) in [6.07, 6.45) is 0.366. The first kappa shape index (κ1) is 24.5. The number of fused-ring (bicyclic) bond motifs is 2.